The average Bonchev–Trinajstić information content (AvgIpc) is 3.33. The molecule has 0 radical (unpaired) electrons. The number of fused-ring (bicyclic) bond motifs is 2. The summed E-state index contributed by atoms with van der Waals surface area (Å²) in [5, 5.41) is 18.6. The van der Waals surface area contributed by atoms with Crippen molar-refractivity contribution < 1.29 is 27.8 Å². The summed E-state index contributed by atoms with van der Waals surface area (Å²) in [5.74, 6) is -0.610. The third-order valence-electron chi connectivity index (χ3n) is 7.55. The zero-order chi connectivity index (χ0) is 30.4. The van der Waals surface area contributed by atoms with Crippen molar-refractivity contribution >= 4 is 27.0 Å². The van der Waals surface area contributed by atoms with E-state index in [1.165, 1.54) is 4.31 Å². The Labute approximate surface area is 245 Å². The molecule has 2 heterocycles. The van der Waals surface area contributed by atoms with Gasteiger partial charge in [-0.15, -0.1) is 5.10 Å². The molecule has 1 aliphatic rings. The van der Waals surface area contributed by atoms with Gasteiger partial charge in [0.15, 0.2) is 0 Å². The molecule has 0 spiro atoms. The number of nitrogens with zero attached hydrogens (tertiary/aromatic N) is 4. The number of carboxylic acid groups (broad SMARTS) is 1. The van der Waals surface area contributed by atoms with Gasteiger partial charge in [-0.3, -0.25) is 4.79 Å². The molecular weight excluding hydrogens is 556 g/mol. The van der Waals surface area contributed by atoms with Gasteiger partial charge >= 0.3 is 5.97 Å². The number of para-hydroxylation sites is 1. The summed E-state index contributed by atoms with van der Waals surface area (Å²) in [6.45, 7) is 10.1. The second kappa shape index (κ2) is 11.0. The Morgan fingerprint density at radius 2 is 1.88 bits per heavy atom. The Kier molecular flexibility index (Phi) is 7.76. The summed E-state index contributed by atoms with van der Waals surface area (Å²) in [6.07, 6.45) is -0.530. The fraction of sp³-hybridized carbons (Fsp3) is 0.387. The minimum absolute atomic E-state index is 0.117. The van der Waals surface area contributed by atoms with Crippen LogP contribution in [-0.4, -0.2) is 58.6 Å². The van der Waals surface area contributed by atoms with Crippen molar-refractivity contribution in [1.29, 1.82) is 0 Å². The zero-order valence-corrected chi connectivity index (χ0v) is 25.5. The minimum Gasteiger partial charge on any atom is -0.494 e. The summed E-state index contributed by atoms with van der Waals surface area (Å²) in [6, 6.07) is 16.1. The highest BCUT2D eigenvalue weighted by Gasteiger charge is 2.34. The molecule has 0 saturated carbocycles. The van der Waals surface area contributed by atoms with E-state index >= 15 is 0 Å². The number of hydrogen-bond donors (Lipinski definition) is 1. The smallest absolute Gasteiger partial charge is 0.304 e. The van der Waals surface area contributed by atoms with E-state index in [2.05, 4.69) is 10.3 Å². The second-order valence-electron chi connectivity index (χ2n) is 11.8. The van der Waals surface area contributed by atoms with E-state index in [0.717, 1.165) is 27.8 Å². The van der Waals surface area contributed by atoms with Gasteiger partial charge in [0.2, 0.25) is 10.0 Å². The molecule has 0 bridgehead atoms. The van der Waals surface area contributed by atoms with Crippen LogP contribution in [0.15, 0.2) is 59.5 Å². The number of methoxy groups -OCH3 is 1. The topological polar surface area (TPSA) is 124 Å². The first-order valence-electron chi connectivity index (χ1n) is 13.8. The summed E-state index contributed by atoms with van der Waals surface area (Å²) >= 11 is 0. The van der Waals surface area contributed by atoms with Gasteiger partial charge in [0.1, 0.15) is 33.5 Å². The Bertz CT molecular complexity index is 1760. The van der Waals surface area contributed by atoms with E-state index in [1.54, 1.807) is 36.1 Å². The zero-order valence-electron chi connectivity index (χ0n) is 24.7. The number of rotatable bonds is 7. The molecule has 5 rings (SSSR count). The number of carbonyl (C=O) groups is 1. The van der Waals surface area contributed by atoms with Crippen molar-refractivity contribution in [3.05, 3.63) is 76.9 Å². The molecule has 1 N–H and O–H groups in total. The number of sulfonamides is 1. The maximum absolute atomic E-state index is 13.7. The Morgan fingerprint density at radius 1 is 1.14 bits per heavy atom. The summed E-state index contributed by atoms with van der Waals surface area (Å²) < 4.78 is 42.2. The van der Waals surface area contributed by atoms with E-state index in [-0.39, 0.29) is 36.0 Å². The Hall–Kier alpha value is -3.96. The Balaban J connectivity index is 1.57. The van der Waals surface area contributed by atoms with Gasteiger partial charge in [0.05, 0.1) is 25.6 Å². The largest absolute Gasteiger partial charge is 0.494 e. The average molecular weight is 593 g/mol. The molecule has 0 fully saturated rings. The highest BCUT2D eigenvalue weighted by molar-refractivity contribution is 7.89. The van der Waals surface area contributed by atoms with Crippen molar-refractivity contribution in [3.63, 3.8) is 0 Å². The highest BCUT2D eigenvalue weighted by Crippen LogP contribution is 2.37. The van der Waals surface area contributed by atoms with E-state index in [9.17, 15) is 18.3 Å². The van der Waals surface area contributed by atoms with E-state index in [0.29, 0.717) is 17.0 Å². The van der Waals surface area contributed by atoms with E-state index < -0.39 is 21.9 Å². The monoisotopic (exact) mass is 592 g/mol. The van der Waals surface area contributed by atoms with Crippen LogP contribution in [0.3, 0.4) is 0 Å². The molecule has 1 aromatic heterocycles. The van der Waals surface area contributed by atoms with E-state index in [1.807, 2.05) is 65.0 Å². The lowest BCUT2D eigenvalue weighted by atomic mass is 9.86. The van der Waals surface area contributed by atoms with Gasteiger partial charge in [-0.25, -0.2) is 13.1 Å². The number of aliphatic carboxylic acids is 1. The van der Waals surface area contributed by atoms with E-state index in [4.69, 9.17) is 9.47 Å². The molecule has 0 unspecified atom stereocenters. The molecule has 0 aliphatic carbocycles. The number of benzene rings is 3. The van der Waals surface area contributed by atoms with Gasteiger partial charge in [0, 0.05) is 12.5 Å². The summed E-state index contributed by atoms with van der Waals surface area (Å²) in [5.41, 5.74) is 4.14. The van der Waals surface area contributed by atoms with Gasteiger partial charge < -0.3 is 14.6 Å². The summed E-state index contributed by atoms with van der Waals surface area (Å²) in [4.78, 5) is 12.2. The SMILES string of the molecule is COc1cc([C@@H](CC(=O)O)c2ccc(C)c(CN3C[C@@H](C)Oc4ccccc4S3(=O)=O)c2)cc2nnn(C(C)(C)C)c12. The normalized spacial score (nSPS) is 17.7. The third kappa shape index (κ3) is 5.58. The highest BCUT2D eigenvalue weighted by atomic mass is 32.2. The number of hydrogen-bond acceptors (Lipinski definition) is 7. The molecule has 10 nitrogen and oxygen atoms in total. The fourth-order valence-electron chi connectivity index (χ4n) is 5.43. The van der Waals surface area contributed by atoms with Crippen LogP contribution in [0.25, 0.3) is 11.0 Å². The molecule has 11 heteroatoms. The fourth-order valence-corrected chi connectivity index (χ4v) is 7.04. The Morgan fingerprint density at radius 3 is 2.57 bits per heavy atom. The molecular formula is C31H36N4O6S. The van der Waals surface area contributed by atoms with Crippen LogP contribution in [0.5, 0.6) is 11.5 Å². The molecule has 2 atom stereocenters. The number of aromatic nitrogens is 3. The third-order valence-corrected chi connectivity index (χ3v) is 9.40. The molecule has 3 aromatic carbocycles. The predicted octanol–water partition coefficient (Wildman–Crippen LogP) is 5.08. The molecule has 4 aromatic rings. The van der Waals surface area contributed by atoms with Crippen molar-refractivity contribution in [2.24, 2.45) is 0 Å². The minimum atomic E-state index is -3.83. The van der Waals surface area contributed by atoms with Crippen LogP contribution >= 0.6 is 0 Å². The quantitative estimate of drug-likeness (QED) is 0.315. The number of carboxylic acids is 1. The van der Waals surface area contributed by atoms with Crippen LogP contribution in [-0.2, 0) is 26.9 Å². The van der Waals surface area contributed by atoms with Gasteiger partial charge in [-0.1, -0.05) is 35.5 Å². The lowest BCUT2D eigenvalue weighted by Crippen LogP contribution is -2.35. The second-order valence-corrected chi connectivity index (χ2v) is 13.7. The lowest BCUT2D eigenvalue weighted by Gasteiger charge is -2.24. The molecule has 42 heavy (non-hydrogen) atoms. The molecule has 0 amide bonds. The first kappa shape index (κ1) is 29.5. The van der Waals surface area contributed by atoms with Crippen LogP contribution in [0.2, 0.25) is 0 Å². The first-order chi connectivity index (χ1) is 19.8. The van der Waals surface area contributed by atoms with Crippen LogP contribution in [0, 0.1) is 6.92 Å². The molecule has 0 saturated heterocycles. The maximum Gasteiger partial charge on any atom is 0.304 e. The molecule has 222 valence electrons. The van der Waals surface area contributed by atoms with Crippen molar-refractivity contribution in [2.45, 2.75) is 70.0 Å². The maximum atomic E-state index is 13.7. The molecule has 1 aliphatic heterocycles. The lowest BCUT2D eigenvalue weighted by molar-refractivity contribution is -0.137. The standard InChI is InChI=1S/C31H36N4O6S/c1-19-11-12-21(13-23(19)18-34-17-20(2)41-26-9-7-8-10-28(26)42(34,38)39)24(16-29(36)37)22-14-25-30(27(15-22)40-6)35(33-32-25)31(3,4)5/h7-15,20,24H,16-18H2,1-6H3,(H,36,37)/t20-,24+/m1/s1. The van der Waals surface area contributed by atoms with Crippen LogP contribution in [0.1, 0.15) is 62.3 Å². The van der Waals surface area contributed by atoms with Crippen molar-refractivity contribution in [2.75, 3.05) is 13.7 Å². The van der Waals surface area contributed by atoms with Gasteiger partial charge in [-0.2, -0.15) is 4.31 Å². The van der Waals surface area contributed by atoms with Crippen molar-refractivity contribution in [3.8, 4) is 11.5 Å². The van der Waals surface area contributed by atoms with Crippen LogP contribution < -0.4 is 9.47 Å². The van der Waals surface area contributed by atoms with Gasteiger partial charge in [0.25, 0.3) is 0 Å². The number of aryl methyl sites for hydroxylation is 1. The number of ether oxygens (including phenoxy) is 2. The summed E-state index contributed by atoms with van der Waals surface area (Å²) in [7, 11) is -2.27. The predicted molar refractivity (Wildman–Crippen MR) is 158 cm³/mol. The van der Waals surface area contributed by atoms with Crippen molar-refractivity contribution in [1.82, 2.24) is 19.3 Å². The van der Waals surface area contributed by atoms with Crippen LogP contribution in [0.4, 0.5) is 0 Å². The van der Waals surface area contributed by atoms with Gasteiger partial charge in [-0.05, 0) is 81.1 Å². The first-order valence-corrected chi connectivity index (χ1v) is 15.2.